The SMILES string of the molecule is COC(=O)C[C@@H](c1ccc(OCCc2ccc3c(c2)CCO3)c(OC)c1)c1oc(CN2CCc3cc(OC)c(OC)cc3C2)cc(=O)c1O. The molecule has 2 aliphatic rings. The number of benzene rings is 3. The molecule has 0 amide bonds. The lowest BCUT2D eigenvalue weighted by Gasteiger charge is -2.29. The van der Waals surface area contributed by atoms with Gasteiger partial charge in [0.25, 0.3) is 0 Å². The number of methoxy groups -OCH3 is 4. The van der Waals surface area contributed by atoms with E-state index in [0.717, 1.165) is 29.7 Å². The number of carbonyl (C=O) groups is 1. The van der Waals surface area contributed by atoms with Crippen LogP contribution in [0.4, 0.5) is 0 Å². The largest absolute Gasteiger partial charge is 0.502 e. The lowest BCUT2D eigenvalue weighted by molar-refractivity contribution is -0.140. The van der Waals surface area contributed by atoms with E-state index in [1.807, 2.05) is 24.3 Å². The Bertz CT molecular complexity index is 1880. The summed E-state index contributed by atoms with van der Waals surface area (Å²) in [6.45, 7) is 2.75. The lowest BCUT2D eigenvalue weighted by Crippen LogP contribution is -2.30. The van der Waals surface area contributed by atoms with E-state index in [2.05, 4.69) is 11.0 Å². The Morgan fingerprint density at radius 3 is 2.39 bits per heavy atom. The summed E-state index contributed by atoms with van der Waals surface area (Å²) in [7, 11) is 6.03. The first kappa shape index (κ1) is 33.7. The summed E-state index contributed by atoms with van der Waals surface area (Å²) in [5, 5.41) is 11.0. The number of fused-ring (bicyclic) bond motifs is 2. The molecule has 258 valence electrons. The molecule has 0 saturated heterocycles. The highest BCUT2D eigenvalue weighted by Gasteiger charge is 2.29. The molecule has 11 nitrogen and oxygen atoms in total. The van der Waals surface area contributed by atoms with Crippen molar-refractivity contribution in [2.75, 3.05) is 48.2 Å². The summed E-state index contributed by atoms with van der Waals surface area (Å²) in [5.74, 6) is 1.64. The van der Waals surface area contributed by atoms with Crippen molar-refractivity contribution in [1.29, 1.82) is 0 Å². The van der Waals surface area contributed by atoms with Crippen molar-refractivity contribution in [3.8, 4) is 34.5 Å². The van der Waals surface area contributed by atoms with Crippen LogP contribution in [0.2, 0.25) is 0 Å². The zero-order valence-electron chi connectivity index (χ0n) is 28.2. The summed E-state index contributed by atoms with van der Waals surface area (Å²) >= 11 is 0. The monoisotopic (exact) mass is 671 g/mol. The third-order valence-electron chi connectivity index (χ3n) is 9.08. The molecule has 1 N–H and O–H groups in total. The molecule has 1 aromatic heterocycles. The van der Waals surface area contributed by atoms with Gasteiger partial charge in [-0.2, -0.15) is 0 Å². The zero-order chi connectivity index (χ0) is 34.5. The smallest absolute Gasteiger partial charge is 0.306 e. The Morgan fingerprint density at radius 2 is 1.63 bits per heavy atom. The summed E-state index contributed by atoms with van der Waals surface area (Å²) in [6, 6.07) is 16.7. The molecule has 0 spiro atoms. The molecule has 3 heterocycles. The van der Waals surface area contributed by atoms with Crippen LogP contribution in [0.5, 0.6) is 34.5 Å². The molecule has 2 aliphatic heterocycles. The van der Waals surface area contributed by atoms with Gasteiger partial charge < -0.3 is 37.9 Å². The highest BCUT2D eigenvalue weighted by Crippen LogP contribution is 2.39. The molecule has 3 aromatic carbocycles. The van der Waals surface area contributed by atoms with Gasteiger partial charge >= 0.3 is 5.97 Å². The van der Waals surface area contributed by atoms with Crippen LogP contribution >= 0.6 is 0 Å². The van der Waals surface area contributed by atoms with Crippen LogP contribution in [0.15, 0.2) is 63.8 Å². The number of esters is 1. The lowest BCUT2D eigenvalue weighted by atomic mass is 9.91. The van der Waals surface area contributed by atoms with Gasteiger partial charge in [-0.05, 0) is 64.6 Å². The van der Waals surface area contributed by atoms with E-state index in [1.165, 1.54) is 31.4 Å². The molecule has 0 aliphatic carbocycles. The third kappa shape index (κ3) is 7.46. The van der Waals surface area contributed by atoms with Crippen molar-refractivity contribution in [2.45, 2.75) is 44.7 Å². The Hall–Kier alpha value is -5.16. The molecule has 0 bridgehead atoms. The Morgan fingerprint density at radius 1 is 0.878 bits per heavy atom. The van der Waals surface area contributed by atoms with Gasteiger partial charge in [0.2, 0.25) is 11.2 Å². The van der Waals surface area contributed by atoms with Crippen LogP contribution in [0.3, 0.4) is 0 Å². The van der Waals surface area contributed by atoms with E-state index >= 15 is 0 Å². The van der Waals surface area contributed by atoms with Gasteiger partial charge in [-0.3, -0.25) is 14.5 Å². The fraction of sp³-hybridized carbons (Fsp3) is 0.368. The summed E-state index contributed by atoms with van der Waals surface area (Å²) in [5.41, 5.74) is 4.59. The number of ether oxygens (including phenoxy) is 6. The van der Waals surface area contributed by atoms with E-state index in [0.29, 0.717) is 73.6 Å². The van der Waals surface area contributed by atoms with E-state index in [-0.39, 0.29) is 12.2 Å². The fourth-order valence-corrected chi connectivity index (χ4v) is 6.47. The predicted octanol–water partition coefficient (Wildman–Crippen LogP) is 5.18. The van der Waals surface area contributed by atoms with Gasteiger partial charge in [0.05, 0.1) is 60.5 Å². The average Bonchev–Trinajstić information content (AvgIpc) is 3.59. The minimum Gasteiger partial charge on any atom is -0.502 e. The number of nitrogens with zero attached hydrogens (tertiary/aromatic N) is 1. The van der Waals surface area contributed by atoms with Gasteiger partial charge in [-0.25, -0.2) is 0 Å². The number of carbonyl (C=O) groups excluding carboxylic acids is 1. The topological polar surface area (TPSA) is 126 Å². The van der Waals surface area contributed by atoms with Crippen LogP contribution in [-0.2, 0) is 41.9 Å². The van der Waals surface area contributed by atoms with E-state index in [4.69, 9.17) is 32.8 Å². The van der Waals surface area contributed by atoms with Crippen LogP contribution in [0.25, 0.3) is 0 Å². The molecule has 4 aromatic rings. The first-order valence-corrected chi connectivity index (χ1v) is 16.2. The molecule has 0 saturated carbocycles. The van der Waals surface area contributed by atoms with Crippen molar-refractivity contribution in [2.24, 2.45) is 0 Å². The maximum Gasteiger partial charge on any atom is 0.306 e. The average molecular weight is 672 g/mol. The molecule has 6 rings (SSSR count). The summed E-state index contributed by atoms with van der Waals surface area (Å²) in [6.07, 6.45) is 2.19. The standard InChI is InChI=1S/C38H41NO10/c1-43-33-17-25(6-8-32(33)48-13-10-23-5-7-31-26(15-23)11-14-47-31)29(20-36(41)46-4)38-37(42)30(40)19-28(49-38)22-39-12-9-24-16-34(44-2)35(45-3)18-27(24)21-39/h5-8,15-19,29,42H,9-14,20-22H2,1-4H3/t29-/m0/s1. The summed E-state index contributed by atoms with van der Waals surface area (Å²) < 4.78 is 39.6. The Labute approximate surface area is 284 Å². The molecular formula is C38H41NO10. The Kier molecular flexibility index (Phi) is 10.3. The molecule has 0 unspecified atom stereocenters. The second kappa shape index (κ2) is 14.9. The van der Waals surface area contributed by atoms with Crippen LogP contribution in [0, 0.1) is 0 Å². The number of hydrogen-bond acceptors (Lipinski definition) is 11. The second-order valence-corrected chi connectivity index (χ2v) is 12.1. The quantitative estimate of drug-likeness (QED) is 0.189. The normalized spacial score (nSPS) is 14.3. The third-order valence-corrected chi connectivity index (χ3v) is 9.08. The minimum atomic E-state index is -0.838. The van der Waals surface area contributed by atoms with Gasteiger partial charge in [-0.15, -0.1) is 0 Å². The fourth-order valence-electron chi connectivity index (χ4n) is 6.47. The molecule has 11 heteroatoms. The van der Waals surface area contributed by atoms with Gasteiger partial charge in [0.1, 0.15) is 11.5 Å². The van der Waals surface area contributed by atoms with Gasteiger partial charge in [0, 0.05) is 32.0 Å². The van der Waals surface area contributed by atoms with Crippen LogP contribution < -0.4 is 29.1 Å². The number of hydrogen-bond donors (Lipinski definition) is 1. The molecular weight excluding hydrogens is 630 g/mol. The maximum atomic E-state index is 13.1. The molecule has 1 atom stereocenters. The van der Waals surface area contributed by atoms with Gasteiger partial charge in [-0.1, -0.05) is 18.2 Å². The highest BCUT2D eigenvalue weighted by atomic mass is 16.5. The second-order valence-electron chi connectivity index (χ2n) is 12.1. The molecule has 49 heavy (non-hydrogen) atoms. The molecule has 0 fully saturated rings. The van der Waals surface area contributed by atoms with Crippen molar-refractivity contribution in [1.82, 2.24) is 4.90 Å². The Balaban J connectivity index is 1.22. The zero-order valence-corrected chi connectivity index (χ0v) is 28.2. The van der Waals surface area contributed by atoms with Crippen LogP contribution in [-0.4, -0.2) is 64.2 Å². The van der Waals surface area contributed by atoms with Crippen molar-refractivity contribution in [3.05, 3.63) is 104 Å². The van der Waals surface area contributed by atoms with E-state index < -0.39 is 23.1 Å². The number of rotatable bonds is 13. The molecule has 0 radical (unpaired) electrons. The minimum absolute atomic E-state index is 0.0203. The van der Waals surface area contributed by atoms with Crippen molar-refractivity contribution < 1.29 is 42.7 Å². The summed E-state index contributed by atoms with van der Waals surface area (Å²) in [4.78, 5) is 27.9. The van der Waals surface area contributed by atoms with Crippen molar-refractivity contribution >= 4 is 5.97 Å². The highest BCUT2D eigenvalue weighted by molar-refractivity contribution is 5.71. The van der Waals surface area contributed by atoms with Crippen molar-refractivity contribution in [3.63, 3.8) is 0 Å². The van der Waals surface area contributed by atoms with Gasteiger partial charge in [0.15, 0.2) is 28.8 Å². The van der Waals surface area contributed by atoms with E-state index in [9.17, 15) is 14.7 Å². The van der Waals surface area contributed by atoms with Crippen LogP contribution in [0.1, 0.15) is 51.7 Å². The maximum absolute atomic E-state index is 13.1. The van der Waals surface area contributed by atoms with E-state index in [1.54, 1.807) is 32.4 Å². The first-order chi connectivity index (χ1) is 23.8. The first-order valence-electron chi connectivity index (χ1n) is 16.2. The predicted molar refractivity (Wildman–Crippen MR) is 180 cm³/mol. The number of aromatic hydroxyl groups is 1.